The molecule has 4 nitrogen and oxygen atoms in total. The number of benzene rings is 1. The van der Waals surface area contributed by atoms with Crippen molar-refractivity contribution in [2.75, 3.05) is 5.32 Å². The van der Waals surface area contributed by atoms with Crippen molar-refractivity contribution in [1.82, 2.24) is 9.97 Å². The van der Waals surface area contributed by atoms with Crippen molar-refractivity contribution >= 4 is 27.5 Å². The highest BCUT2D eigenvalue weighted by atomic mass is 32.1. The minimum atomic E-state index is -0.0139. The Bertz CT molecular complexity index is 867. The second-order valence-electron chi connectivity index (χ2n) is 5.64. The van der Waals surface area contributed by atoms with Crippen molar-refractivity contribution in [3.63, 3.8) is 0 Å². The van der Waals surface area contributed by atoms with Crippen molar-refractivity contribution in [2.45, 2.75) is 32.2 Å². The summed E-state index contributed by atoms with van der Waals surface area (Å²) in [7, 11) is 0. The maximum absolute atomic E-state index is 12.4. The standard InChI is InChI=1S/C17H17N3OS/c21-15-14-12-8-4-5-9-13(12)22-16(14)20-17(19-15)18-10-11-6-2-1-3-7-11/h1-3,6-7H,4-5,8-10H2,(H2,18,19,20,21). The molecule has 1 aliphatic rings. The molecule has 112 valence electrons. The molecular formula is C17H17N3OS. The van der Waals surface area contributed by atoms with E-state index in [0.717, 1.165) is 28.6 Å². The monoisotopic (exact) mass is 311 g/mol. The van der Waals surface area contributed by atoms with E-state index in [0.29, 0.717) is 12.5 Å². The lowest BCUT2D eigenvalue weighted by molar-refractivity contribution is 0.700. The smallest absolute Gasteiger partial charge is 0.261 e. The van der Waals surface area contributed by atoms with Crippen LogP contribution in [0.5, 0.6) is 0 Å². The number of aromatic amines is 1. The zero-order valence-corrected chi connectivity index (χ0v) is 13.0. The molecule has 2 N–H and O–H groups in total. The van der Waals surface area contributed by atoms with Gasteiger partial charge in [0.15, 0.2) is 0 Å². The van der Waals surface area contributed by atoms with E-state index in [1.54, 1.807) is 11.3 Å². The van der Waals surface area contributed by atoms with E-state index in [1.807, 2.05) is 30.3 Å². The Kier molecular flexibility index (Phi) is 3.42. The molecule has 0 saturated carbocycles. The minimum absolute atomic E-state index is 0.0139. The SMILES string of the molecule is O=c1[nH]c(NCc2ccccc2)nc2sc3c(c12)CCCC3. The molecule has 0 spiro atoms. The molecule has 0 unspecified atom stereocenters. The summed E-state index contributed by atoms with van der Waals surface area (Å²) >= 11 is 1.68. The summed E-state index contributed by atoms with van der Waals surface area (Å²) in [5, 5.41) is 4.02. The van der Waals surface area contributed by atoms with Crippen LogP contribution in [0.2, 0.25) is 0 Å². The van der Waals surface area contributed by atoms with Gasteiger partial charge in [-0.2, -0.15) is 0 Å². The molecule has 0 radical (unpaired) electrons. The summed E-state index contributed by atoms with van der Waals surface area (Å²) in [6.07, 6.45) is 4.49. The number of nitrogens with one attached hydrogen (secondary N) is 2. The summed E-state index contributed by atoms with van der Waals surface area (Å²) in [4.78, 5) is 22.1. The molecule has 5 heteroatoms. The van der Waals surface area contributed by atoms with E-state index < -0.39 is 0 Å². The van der Waals surface area contributed by atoms with Crippen LogP contribution in [0.4, 0.5) is 5.95 Å². The molecule has 22 heavy (non-hydrogen) atoms. The van der Waals surface area contributed by atoms with Crippen molar-refractivity contribution in [3.05, 3.63) is 56.7 Å². The van der Waals surface area contributed by atoms with Crippen LogP contribution < -0.4 is 10.9 Å². The van der Waals surface area contributed by atoms with Crippen LogP contribution >= 0.6 is 11.3 Å². The average molecular weight is 311 g/mol. The number of aromatic nitrogens is 2. The molecular weight excluding hydrogens is 294 g/mol. The number of H-pyrrole nitrogens is 1. The first-order chi connectivity index (χ1) is 10.8. The van der Waals surface area contributed by atoms with E-state index >= 15 is 0 Å². The number of hydrogen-bond donors (Lipinski definition) is 2. The Morgan fingerprint density at radius 1 is 1.18 bits per heavy atom. The third kappa shape index (κ3) is 2.41. The van der Waals surface area contributed by atoms with Gasteiger partial charge in [-0.25, -0.2) is 4.98 Å². The van der Waals surface area contributed by atoms with Crippen LogP contribution in [0, 0.1) is 0 Å². The van der Waals surface area contributed by atoms with E-state index in [4.69, 9.17) is 0 Å². The summed E-state index contributed by atoms with van der Waals surface area (Å²) in [5.41, 5.74) is 2.38. The number of aryl methyl sites for hydroxylation is 2. The quantitative estimate of drug-likeness (QED) is 0.778. The lowest BCUT2D eigenvalue weighted by Gasteiger charge is -2.09. The van der Waals surface area contributed by atoms with Gasteiger partial charge in [-0.05, 0) is 36.8 Å². The largest absolute Gasteiger partial charge is 0.352 e. The molecule has 0 aliphatic heterocycles. The van der Waals surface area contributed by atoms with Crippen LogP contribution in [0.3, 0.4) is 0 Å². The van der Waals surface area contributed by atoms with E-state index in [9.17, 15) is 4.79 Å². The fourth-order valence-electron chi connectivity index (χ4n) is 3.03. The maximum Gasteiger partial charge on any atom is 0.261 e. The number of anilines is 1. The van der Waals surface area contributed by atoms with Gasteiger partial charge in [0.1, 0.15) is 4.83 Å². The fraction of sp³-hybridized carbons (Fsp3) is 0.294. The predicted octanol–water partition coefficient (Wildman–Crippen LogP) is 3.48. The first kappa shape index (κ1) is 13.5. The Labute approximate surface area is 132 Å². The third-order valence-electron chi connectivity index (χ3n) is 4.13. The van der Waals surface area contributed by atoms with Crippen molar-refractivity contribution in [3.8, 4) is 0 Å². The van der Waals surface area contributed by atoms with Gasteiger partial charge in [0.2, 0.25) is 5.95 Å². The van der Waals surface area contributed by atoms with Crippen molar-refractivity contribution in [1.29, 1.82) is 0 Å². The topological polar surface area (TPSA) is 57.8 Å². The Morgan fingerprint density at radius 2 is 2.00 bits per heavy atom. The summed E-state index contributed by atoms with van der Waals surface area (Å²) in [6, 6.07) is 10.1. The highest BCUT2D eigenvalue weighted by molar-refractivity contribution is 7.18. The van der Waals surface area contributed by atoms with E-state index in [2.05, 4.69) is 15.3 Å². The van der Waals surface area contributed by atoms with Crippen LogP contribution in [-0.4, -0.2) is 9.97 Å². The molecule has 0 atom stereocenters. The van der Waals surface area contributed by atoms with Gasteiger partial charge in [0, 0.05) is 11.4 Å². The Balaban J connectivity index is 1.67. The van der Waals surface area contributed by atoms with Gasteiger partial charge in [0.05, 0.1) is 5.39 Å². The lowest BCUT2D eigenvalue weighted by atomic mass is 9.97. The highest BCUT2D eigenvalue weighted by Crippen LogP contribution is 2.33. The number of rotatable bonds is 3. The van der Waals surface area contributed by atoms with Gasteiger partial charge in [0.25, 0.3) is 5.56 Å². The fourth-order valence-corrected chi connectivity index (χ4v) is 4.29. The normalized spacial score (nSPS) is 14.0. The van der Waals surface area contributed by atoms with Crippen LogP contribution in [0.25, 0.3) is 10.2 Å². The number of hydrogen-bond acceptors (Lipinski definition) is 4. The summed E-state index contributed by atoms with van der Waals surface area (Å²) in [5.74, 6) is 0.556. The zero-order chi connectivity index (χ0) is 14.9. The zero-order valence-electron chi connectivity index (χ0n) is 12.2. The minimum Gasteiger partial charge on any atom is -0.352 e. The van der Waals surface area contributed by atoms with E-state index in [1.165, 1.54) is 23.3 Å². The number of thiophene rings is 1. The maximum atomic E-state index is 12.4. The Hall–Kier alpha value is -2.14. The van der Waals surface area contributed by atoms with Crippen LogP contribution in [-0.2, 0) is 19.4 Å². The number of nitrogens with zero attached hydrogens (tertiary/aromatic N) is 1. The Morgan fingerprint density at radius 3 is 2.86 bits per heavy atom. The number of fused-ring (bicyclic) bond motifs is 3. The molecule has 3 aromatic rings. The third-order valence-corrected chi connectivity index (χ3v) is 5.31. The molecule has 0 fully saturated rings. The first-order valence-corrected chi connectivity index (χ1v) is 8.45. The van der Waals surface area contributed by atoms with Gasteiger partial charge >= 0.3 is 0 Å². The second-order valence-corrected chi connectivity index (χ2v) is 6.73. The molecule has 1 aliphatic carbocycles. The molecule has 0 amide bonds. The molecule has 0 saturated heterocycles. The highest BCUT2D eigenvalue weighted by Gasteiger charge is 2.19. The van der Waals surface area contributed by atoms with Crippen molar-refractivity contribution < 1.29 is 0 Å². The molecule has 2 aromatic heterocycles. The summed E-state index contributed by atoms with van der Waals surface area (Å²) in [6.45, 7) is 0.653. The van der Waals surface area contributed by atoms with Gasteiger partial charge in [-0.3, -0.25) is 9.78 Å². The lowest BCUT2D eigenvalue weighted by Crippen LogP contribution is -2.14. The van der Waals surface area contributed by atoms with Crippen LogP contribution in [0.15, 0.2) is 35.1 Å². The summed E-state index contributed by atoms with van der Waals surface area (Å²) < 4.78 is 0. The predicted molar refractivity (Wildman–Crippen MR) is 90.7 cm³/mol. The average Bonchev–Trinajstić information content (AvgIpc) is 2.92. The van der Waals surface area contributed by atoms with Gasteiger partial charge < -0.3 is 5.32 Å². The first-order valence-electron chi connectivity index (χ1n) is 7.63. The van der Waals surface area contributed by atoms with Gasteiger partial charge in [-0.15, -0.1) is 11.3 Å². The second kappa shape index (κ2) is 5.57. The molecule has 1 aromatic carbocycles. The molecule has 2 heterocycles. The van der Waals surface area contributed by atoms with Gasteiger partial charge in [-0.1, -0.05) is 30.3 Å². The molecule has 4 rings (SSSR count). The molecule has 0 bridgehead atoms. The van der Waals surface area contributed by atoms with Crippen LogP contribution in [0.1, 0.15) is 28.8 Å². The van der Waals surface area contributed by atoms with Crippen molar-refractivity contribution in [2.24, 2.45) is 0 Å². The van der Waals surface area contributed by atoms with E-state index in [-0.39, 0.29) is 5.56 Å².